The third-order valence-corrected chi connectivity index (χ3v) is 12.3. The second-order valence-electron chi connectivity index (χ2n) is 18.4. The minimum atomic E-state index is -1.60. The lowest BCUT2D eigenvalue weighted by Crippen LogP contribution is -2.60. The molecule has 0 aromatic heterocycles. The minimum Gasteiger partial charge on any atom is -0.497 e. The van der Waals surface area contributed by atoms with E-state index in [2.05, 4.69) is 41.9 Å². The average Bonchev–Trinajstić information content (AvgIpc) is 3.92. The standard InChI is InChI=1S/C49H83N17O12/c1-78-30-18-16-29(17-19-30)26-36(44(72)61-33(11-3-5-21-51)43(71)63-35(48(76)77)14-8-24-58-49(56)57)64-45(73)37-15-9-25-66(37)47(75)34(13-7-23-53)60-39(68)28-59-42(70)32(12-6-22-52)62-46(74)40(38(67)27-54)65-41(69)31(55)10-2-4-20-50/h14,16-19,31-33,36-38,40,67H,2-13,15,20-28,50-55H2,1H3,(H,59,70)(H,61,72)(H,62,74)(H,63,71)(H,64,73)(H,65,69)(H,76,77)(H4,56,57,58)/b35-14-,60-34?/t31-,32-,33-,36-,37-,38-,40-/m0/s1. The minimum absolute atomic E-state index is 0.0234. The topological polar surface area (TPSA) is 512 Å². The van der Waals surface area contributed by atoms with Gasteiger partial charge in [0.2, 0.25) is 35.4 Å². The van der Waals surface area contributed by atoms with Crippen molar-refractivity contribution in [3.63, 3.8) is 0 Å². The Balaban J connectivity index is 2.38. The Morgan fingerprint density at radius 2 is 1.37 bits per heavy atom. The van der Waals surface area contributed by atoms with E-state index in [0.717, 1.165) is 0 Å². The van der Waals surface area contributed by atoms with Crippen LogP contribution in [0.25, 0.3) is 0 Å². The number of carbonyl (C=O) groups is 9. The first-order valence-corrected chi connectivity index (χ1v) is 26.0. The molecule has 1 heterocycles. The molecule has 1 aromatic rings. The number of aliphatic hydroxyl groups is 1. The quantitative estimate of drug-likeness (QED) is 0.0128. The van der Waals surface area contributed by atoms with Gasteiger partial charge in [-0.25, -0.2) is 9.79 Å². The van der Waals surface area contributed by atoms with Gasteiger partial charge in [0, 0.05) is 26.1 Å². The number of hydrogen-bond acceptors (Lipinski definition) is 18. The van der Waals surface area contributed by atoms with Crippen molar-refractivity contribution < 1.29 is 58.1 Å². The molecule has 0 bridgehead atoms. The molecule has 29 nitrogen and oxygen atoms in total. The van der Waals surface area contributed by atoms with Crippen LogP contribution in [0.2, 0.25) is 0 Å². The van der Waals surface area contributed by atoms with Gasteiger partial charge < -0.3 is 97.6 Å². The van der Waals surface area contributed by atoms with Crippen LogP contribution < -0.4 is 82.5 Å². The number of guanidine groups is 1. The van der Waals surface area contributed by atoms with E-state index in [-0.39, 0.29) is 102 Å². The average molecular weight is 1100 g/mol. The Bertz CT molecular complexity index is 2230. The van der Waals surface area contributed by atoms with Gasteiger partial charge in [0.05, 0.1) is 25.8 Å². The maximum absolute atomic E-state index is 14.3. The molecule has 1 aliphatic heterocycles. The number of ether oxygens (including phenoxy) is 1. The SMILES string of the molecule is COc1ccc(C[C@H](NC(=O)[C@@H]2CCCN2C(=O)C(CCCN)=NC(=O)CNC(=O)[C@H](CCCN)NC(=O)[C@@H](NC(=O)[C@@H](N)CCCCN)[C@@H](O)CN)C(=O)N[C@@H](CCCCN)C(=O)N/C(=C\CCN=C(N)N)C(=O)O)cc1. The molecule has 0 unspecified atom stereocenters. The summed E-state index contributed by atoms with van der Waals surface area (Å²) in [5.41, 5.74) is 44.8. The number of nitrogens with zero attached hydrogens (tertiary/aromatic N) is 3. The van der Waals surface area contributed by atoms with Crippen molar-refractivity contribution >= 4 is 64.9 Å². The molecule has 7 atom stereocenters. The highest BCUT2D eigenvalue weighted by atomic mass is 16.5. The van der Waals surface area contributed by atoms with Crippen LogP contribution in [0.1, 0.15) is 89.0 Å². The predicted molar refractivity (Wildman–Crippen MR) is 289 cm³/mol. The second-order valence-corrected chi connectivity index (χ2v) is 18.4. The highest BCUT2D eigenvalue weighted by Gasteiger charge is 2.39. The van der Waals surface area contributed by atoms with Crippen molar-refractivity contribution in [1.29, 1.82) is 0 Å². The molecule has 0 radical (unpaired) electrons. The summed E-state index contributed by atoms with van der Waals surface area (Å²) in [6.07, 6.45) is 2.62. The van der Waals surface area contributed by atoms with Crippen molar-refractivity contribution in [2.45, 2.75) is 132 Å². The summed E-state index contributed by atoms with van der Waals surface area (Å²) in [4.78, 5) is 131. The Morgan fingerprint density at radius 3 is 1.97 bits per heavy atom. The lowest BCUT2D eigenvalue weighted by atomic mass is 10.0. The van der Waals surface area contributed by atoms with Gasteiger partial charge in [-0.15, -0.1) is 0 Å². The summed E-state index contributed by atoms with van der Waals surface area (Å²) in [6, 6.07) is -1.16. The number of nitrogens with two attached hydrogens (primary N) is 8. The van der Waals surface area contributed by atoms with Gasteiger partial charge in [-0.05, 0) is 121 Å². The Labute approximate surface area is 453 Å². The summed E-state index contributed by atoms with van der Waals surface area (Å²) in [6.45, 7) is -0.249. The fourth-order valence-electron chi connectivity index (χ4n) is 7.95. The number of benzene rings is 1. The summed E-state index contributed by atoms with van der Waals surface area (Å²) >= 11 is 0. The molecule has 436 valence electrons. The predicted octanol–water partition coefficient (Wildman–Crippen LogP) is -5.62. The Morgan fingerprint density at radius 1 is 0.756 bits per heavy atom. The number of aliphatic imine (C=N–C) groups is 2. The van der Waals surface area contributed by atoms with Crippen LogP contribution in [0, 0.1) is 0 Å². The van der Waals surface area contributed by atoms with Gasteiger partial charge in [0.1, 0.15) is 47.4 Å². The van der Waals surface area contributed by atoms with Crippen LogP contribution in [0.4, 0.5) is 0 Å². The number of rotatable bonds is 37. The molecule has 0 spiro atoms. The molecule has 8 amide bonds. The van der Waals surface area contributed by atoms with Gasteiger partial charge in [-0.2, -0.15) is 0 Å². The fraction of sp³-hybridized carbons (Fsp3) is 0.612. The highest BCUT2D eigenvalue weighted by molar-refractivity contribution is 6.40. The number of nitrogens with one attached hydrogen (secondary N) is 6. The first kappa shape index (κ1) is 67.0. The largest absolute Gasteiger partial charge is 0.497 e. The van der Waals surface area contributed by atoms with Gasteiger partial charge in [-0.1, -0.05) is 24.6 Å². The van der Waals surface area contributed by atoms with Crippen molar-refractivity contribution in [2.75, 3.05) is 59.5 Å². The Hall–Kier alpha value is -7.15. The van der Waals surface area contributed by atoms with E-state index in [1.807, 2.05) is 0 Å². The monoisotopic (exact) mass is 1100 g/mol. The van der Waals surface area contributed by atoms with Crippen LogP contribution in [0.15, 0.2) is 46.0 Å². The number of carboxylic acids is 1. The summed E-state index contributed by atoms with van der Waals surface area (Å²) in [5.74, 6) is -7.90. The first-order valence-electron chi connectivity index (χ1n) is 26.0. The van der Waals surface area contributed by atoms with Crippen LogP contribution in [0.3, 0.4) is 0 Å². The second kappa shape index (κ2) is 36.8. The molecule has 2 rings (SSSR count). The lowest BCUT2D eigenvalue weighted by Gasteiger charge is -2.28. The van der Waals surface area contributed by atoms with Crippen molar-refractivity contribution in [2.24, 2.45) is 55.9 Å². The first-order chi connectivity index (χ1) is 37.2. The van der Waals surface area contributed by atoms with E-state index in [4.69, 9.17) is 50.6 Å². The van der Waals surface area contributed by atoms with E-state index in [1.165, 1.54) is 18.1 Å². The number of amides is 8. The van der Waals surface area contributed by atoms with E-state index >= 15 is 0 Å². The van der Waals surface area contributed by atoms with Crippen LogP contribution in [-0.2, 0) is 49.6 Å². The maximum atomic E-state index is 14.3. The normalized spacial score (nSPS) is 15.8. The highest BCUT2D eigenvalue weighted by Crippen LogP contribution is 2.20. The molecule has 1 aliphatic rings. The van der Waals surface area contributed by atoms with E-state index in [0.29, 0.717) is 50.0 Å². The molecular weight excluding hydrogens is 1020 g/mol. The smallest absolute Gasteiger partial charge is 0.352 e. The third kappa shape index (κ3) is 24.0. The van der Waals surface area contributed by atoms with Crippen LogP contribution in [0.5, 0.6) is 5.75 Å². The number of aliphatic hydroxyl groups excluding tert-OH is 1. The molecule has 1 saturated heterocycles. The number of hydrogen-bond donors (Lipinski definition) is 16. The Kier molecular flexibility index (Phi) is 31.6. The fourth-order valence-corrected chi connectivity index (χ4v) is 7.95. The van der Waals surface area contributed by atoms with Crippen molar-refractivity contribution in [3.8, 4) is 5.75 Å². The van der Waals surface area contributed by atoms with Crippen LogP contribution in [-0.4, -0.2) is 182 Å². The molecular formula is C49H83N17O12. The van der Waals surface area contributed by atoms with Gasteiger partial charge >= 0.3 is 5.97 Å². The molecule has 0 saturated carbocycles. The molecule has 24 N–H and O–H groups in total. The van der Waals surface area contributed by atoms with Crippen LogP contribution >= 0.6 is 0 Å². The molecule has 1 aromatic carbocycles. The molecule has 1 fully saturated rings. The number of likely N-dealkylation sites (tertiary alicyclic amines) is 1. The summed E-state index contributed by atoms with van der Waals surface area (Å²) in [5, 5.41) is 35.4. The third-order valence-electron chi connectivity index (χ3n) is 12.3. The molecule has 0 aliphatic carbocycles. The number of aliphatic carboxylic acids is 1. The lowest BCUT2D eigenvalue weighted by molar-refractivity contribution is -0.137. The molecule has 78 heavy (non-hydrogen) atoms. The van der Waals surface area contributed by atoms with E-state index in [9.17, 15) is 53.4 Å². The van der Waals surface area contributed by atoms with E-state index < -0.39 is 114 Å². The zero-order valence-corrected chi connectivity index (χ0v) is 44.4. The van der Waals surface area contributed by atoms with Gasteiger partial charge in [-0.3, -0.25) is 43.3 Å². The van der Waals surface area contributed by atoms with E-state index in [1.54, 1.807) is 24.3 Å². The summed E-state index contributed by atoms with van der Waals surface area (Å²) in [7, 11) is 1.47. The van der Waals surface area contributed by atoms with Crippen molar-refractivity contribution in [1.82, 2.24) is 36.8 Å². The zero-order valence-electron chi connectivity index (χ0n) is 44.4. The number of carbonyl (C=O) groups excluding carboxylic acids is 8. The number of methoxy groups -OCH3 is 1. The molecule has 29 heteroatoms. The summed E-state index contributed by atoms with van der Waals surface area (Å²) < 4.78 is 5.27. The maximum Gasteiger partial charge on any atom is 0.352 e. The van der Waals surface area contributed by atoms with Crippen molar-refractivity contribution in [3.05, 3.63) is 41.6 Å². The van der Waals surface area contributed by atoms with Gasteiger partial charge in [0.25, 0.3) is 11.8 Å². The number of carboxylic acid groups (broad SMARTS) is 1. The number of unbranched alkanes of at least 4 members (excludes halogenated alkanes) is 2. The van der Waals surface area contributed by atoms with Gasteiger partial charge in [0.15, 0.2) is 5.96 Å². The zero-order chi connectivity index (χ0) is 58.2.